The molecular formula is C53H107NO8P+. The van der Waals surface area contributed by atoms with Crippen LogP contribution in [0.2, 0.25) is 0 Å². The first kappa shape index (κ1) is 62.0. The summed E-state index contributed by atoms with van der Waals surface area (Å²) in [4.78, 5) is 35.5. The molecule has 63 heavy (non-hydrogen) atoms. The van der Waals surface area contributed by atoms with E-state index in [1.165, 1.54) is 212 Å². The van der Waals surface area contributed by atoms with Gasteiger partial charge in [-0.25, -0.2) is 4.57 Å². The Morgan fingerprint density at radius 3 is 1.02 bits per heavy atom. The van der Waals surface area contributed by atoms with Gasteiger partial charge in [-0.15, -0.1) is 0 Å². The number of phosphoric ester groups is 1. The molecule has 0 bridgehead atoms. The second-order valence-corrected chi connectivity index (χ2v) is 21.4. The molecule has 2 atom stereocenters. The third-order valence-corrected chi connectivity index (χ3v) is 13.4. The molecule has 10 heteroatoms. The second-order valence-electron chi connectivity index (χ2n) is 20.0. The first-order valence-corrected chi connectivity index (χ1v) is 28.8. The maximum Gasteiger partial charge on any atom is 0.472 e. The molecule has 0 fully saturated rings. The Balaban J connectivity index is 4.04. The molecule has 0 aromatic rings. The number of quaternary nitrogens is 1. The Hall–Kier alpha value is -0.990. The summed E-state index contributed by atoms with van der Waals surface area (Å²) < 4.78 is 34.5. The summed E-state index contributed by atoms with van der Waals surface area (Å²) in [6, 6.07) is 0. The van der Waals surface area contributed by atoms with Crippen LogP contribution in [0.3, 0.4) is 0 Å². The number of esters is 2. The van der Waals surface area contributed by atoms with Crippen molar-refractivity contribution >= 4 is 19.8 Å². The summed E-state index contributed by atoms with van der Waals surface area (Å²) in [7, 11) is 1.50. The molecule has 2 unspecified atom stereocenters. The minimum absolute atomic E-state index is 0.0371. The van der Waals surface area contributed by atoms with Gasteiger partial charge in [-0.2, -0.15) is 0 Å². The summed E-state index contributed by atoms with van der Waals surface area (Å²) in [5.41, 5.74) is 0. The highest BCUT2D eigenvalue weighted by molar-refractivity contribution is 7.47. The average molecular weight is 917 g/mol. The van der Waals surface area contributed by atoms with Gasteiger partial charge in [0.1, 0.15) is 19.8 Å². The smallest absolute Gasteiger partial charge is 0.462 e. The fraction of sp³-hybridized carbons (Fsp3) is 0.962. The number of likely N-dealkylation sites (N-methyl/N-ethyl adjacent to an activating group) is 1. The van der Waals surface area contributed by atoms with Crippen molar-refractivity contribution in [3.05, 3.63) is 0 Å². The summed E-state index contributed by atoms with van der Waals surface area (Å²) in [5.74, 6) is -0.779. The lowest BCUT2D eigenvalue weighted by atomic mass is 10.0. The molecule has 0 aliphatic heterocycles. The van der Waals surface area contributed by atoms with Gasteiger partial charge in [0.05, 0.1) is 27.7 Å². The van der Waals surface area contributed by atoms with E-state index in [0.717, 1.165) is 38.5 Å². The average Bonchev–Trinajstić information content (AvgIpc) is 3.24. The predicted octanol–water partition coefficient (Wildman–Crippen LogP) is 16.3. The normalized spacial score (nSPS) is 13.3. The molecule has 0 amide bonds. The van der Waals surface area contributed by atoms with Crippen LogP contribution in [0.1, 0.15) is 277 Å². The highest BCUT2D eigenvalue weighted by Crippen LogP contribution is 2.43. The number of carbonyl (C=O) groups is 2. The van der Waals surface area contributed by atoms with Crippen molar-refractivity contribution in [2.75, 3.05) is 47.5 Å². The number of unbranched alkanes of at least 4 members (excludes halogenated alkanes) is 37. The number of phosphoric acid groups is 1. The molecule has 1 N–H and O–H groups in total. The fourth-order valence-electron chi connectivity index (χ4n) is 8.14. The van der Waals surface area contributed by atoms with Gasteiger partial charge in [-0.1, -0.05) is 251 Å². The van der Waals surface area contributed by atoms with Gasteiger partial charge >= 0.3 is 19.8 Å². The van der Waals surface area contributed by atoms with Gasteiger partial charge < -0.3 is 18.9 Å². The highest BCUT2D eigenvalue weighted by atomic mass is 31.2. The van der Waals surface area contributed by atoms with E-state index in [1.54, 1.807) is 0 Å². The summed E-state index contributed by atoms with van der Waals surface area (Å²) in [5, 5.41) is 0. The first-order valence-electron chi connectivity index (χ1n) is 27.3. The van der Waals surface area contributed by atoms with Crippen LogP contribution < -0.4 is 0 Å². The van der Waals surface area contributed by atoms with E-state index in [4.69, 9.17) is 18.5 Å². The molecule has 0 aromatic carbocycles. The summed E-state index contributed by atoms with van der Waals surface area (Å²) in [6.45, 7) is 4.48. The first-order chi connectivity index (χ1) is 30.5. The van der Waals surface area contributed by atoms with Crippen LogP contribution in [-0.2, 0) is 32.7 Å². The van der Waals surface area contributed by atoms with Crippen LogP contribution in [-0.4, -0.2) is 74.9 Å². The molecule has 0 spiro atoms. The lowest BCUT2D eigenvalue weighted by molar-refractivity contribution is -0.870. The van der Waals surface area contributed by atoms with Crippen molar-refractivity contribution in [3.63, 3.8) is 0 Å². The van der Waals surface area contributed by atoms with Gasteiger partial charge in [0.2, 0.25) is 0 Å². The Morgan fingerprint density at radius 1 is 0.429 bits per heavy atom. The maximum absolute atomic E-state index is 12.8. The Labute approximate surface area is 391 Å². The molecular weight excluding hydrogens is 810 g/mol. The minimum Gasteiger partial charge on any atom is -0.462 e. The zero-order valence-corrected chi connectivity index (χ0v) is 43.5. The Morgan fingerprint density at radius 2 is 0.714 bits per heavy atom. The standard InChI is InChI=1S/C53H106NO8P/c1-6-8-10-12-14-16-18-20-21-22-23-24-25-26-27-28-29-30-31-32-33-34-36-38-40-42-44-46-53(56)62-51(50-61-63(57,58)60-48-47-54(3,4)5)49-59-52(55)45-43-41-39-37-35-19-17-15-13-11-9-7-2/h51H,6-50H2,1-5H3/p+1. The van der Waals surface area contributed by atoms with Crippen LogP contribution in [0.25, 0.3) is 0 Å². The molecule has 9 nitrogen and oxygen atoms in total. The third kappa shape index (κ3) is 50.3. The molecule has 0 aliphatic rings. The van der Waals surface area contributed by atoms with E-state index >= 15 is 0 Å². The lowest BCUT2D eigenvalue weighted by Crippen LogP contribution is -2.37. The van der Waals surface area contributed by atoms with Crippen LogP contribution in [0.15, 0.2) is 0 Å². The summed E-state index contributed by atoms with van der Waals surface area (Å²) in [6.07, 6.45) is 50.3. The summed E-state index contributed by atoms with van der Waals surface area (Å²) >= 11 is 0. The molecule has 0 aliphatic carbocycles. The van der Waals surface area contributed by atoms with E-state index in [9.17, 15) is 19.0 Å². The number of nitrogens with zero attached hydrogens (tertiary/aromatic N) is 1. The van der Waals surface area contributed by atoms with Gasteiger partial charge in [-0.05, 0) is 12.8 Å². The molecule has 376 valence electrons. The van der Waals surface area contributed by atoms with E-state index in [2.05, 4.69) is 13.8 Å². The molecule has 0 aromatic heterocycles. The van der Waals surface area contributed by atoms with Crippen molar-refractivity contribution in [1.29, 1.82) is 0 Å². The number of hydrogen-bond donors (Lipinski definition) is 1. The van der Waals surface area contributed by atoms with Crippen molar-refractivity contribution < 1.29 is 42.1 Å². The van der Waals surface area contributed by atoms with E-state index < -0.39 is 26.5 Å². The number of rotatable bonds is 51. The molecule has 0 rings (SSSR count). The third-order valence-electron chi connectivity index (χ3n) is 12.4. The SMILES string of the molecule is CCCCCCCCCCCCCCCCCCCCCCCCCCCCCC(=O)OC(COC(=O)CCCCCCCCCCCCCC)COP(=O)(O)OCC[N+](C)(C)C. The zero-order valence-electron chi connectivity index (χ0n) is 42.6. The van der Waals surface area contributed by atoms with Crippen molar-refractivity contribution in [1.82, 2.24) is 0 Å². The number of ether oxygens (including phenoxy) is 2. The van der Waals surface area contributed by atoms with Gasteiger partial charge in [0.15, 0.2) is 6.10 Å². The Kier molecular flexibility index (Phi) is 45.4. The fourth-order valence-corrected chi connectivity index (χ4v) is 8.88. The highest BCUT2D eigenvalue weighted by Gasteiger charge is 2.27. The van der Waals surface area contributed by atoms with Crippen LogP contribution in [0.5, 0.6) is 0 Å². The predicted molar refractivity (Wildman–Crippen MR) is 266 cm³/mol. The van der Waals surface area contributed by atoms with Crippen LogP contribution in [0, 0.1) is 0 Å². The van der Waals surface area contributed by atoms with Crippen LogP contribution in [0.4, 0.5) is 0 Å². The monoisotopic (exact) mass is 917 g/mol. The minimum atomic E-state index is -4.37. The van der Waals surface area contributed by atoms with E-state index in [0.29, 0.717) is 17.4 Å². The Bertz CT molecular complexity index is 1040. The van der Waals surface area contributed by atoms with Gasteiger partial charge in [0.25, 0.3) is 0 Å². The number of hydrogen-bond acceptors (Lipinski definition) is 7. The second kappa shape index (κ2) is 46.1. The molecule has 0 heterocycles. The lowest BCUT2D eigenvalue weighted by Gasteiger charge is -2.24. The van der Waals surface area contributed by atoms with Crippen LogP contribution >= 0.6 is 7.82 Å². The molecule has 0 saturated carbocycles. The molecule has 0 saturated heterocycles. The molecule has 0 radical (unpaired) electrons. The van der Waals surface area contributed by atoms with Crippen molar-refractivity contribution in [2.24, 2.45) is 0 Å². The topological polar surface area (TPSA) is 108 Å². The van der Waals surface area contributed by atoms with E-state index in [1.807, 2.05) is 21.1 Å². The number of carbonyl (C=O) groups excluding carboxylic acids is 2. The van der Waals surface area contributed by atoms with Gasteiger partial charge in [-0.3, -0.25) is 18.6 Å². The van der Waals surface area contributed by atoms with Crippen molar-refractivity contribution in [2.45, 2.75) is 283 Å². The largest absolute Gasteiger partial charge is 0.472 e. The van der Waals surface area contributed by atoms with Gasteiger partial charge in [0, 0.05) is 12.8 Å². The van der Waals surface area contributed by atoms with E-state index in [-0.39, 0.29) is 25.6 Å². The zero-order chi connectivity index (χ0) is 46.4. The maximum atomic E-state index is 12.8. The van der Waals surface area contributed by atoms with Crippen molar-refractivity contribution in [3.8, 4) is 0 Å². The quantitative estimate of drug-likeness (QED) is 0.0278.